The van der Waals surface area contributed by atoms with Crippen LogP contribution in [0, 0.1) is 5.92 Å². The Bertz CT molecular complexity index is 571. The third kappa shape index (κ3) is 2.71. The van der Waals surface area contributed by atoms with Crippen molar-refractivity contribution in [3.8, 4) is 0 Å². The van der Waals surface area contributed by atoms with Crippen molar-refractivity contribution >= 4 is 33.4 Å². The first kappa shape index (κ1) is 14.6. The fourth-order valence-electron chi connectivity index (χ4n) is 2.96. The Kier molecular flexibility index (Phi) is 4.02. The van der Waals surface area contributed by atoms with E-state index in [0.29, 0.717) is 13.1 Å². The molecule has 5 heteroatoms. The number of benzene rings is 1. The smallest absolute Gasteiger partial charge is 0.249 e. The molecule has 2 fully saturated rings. The van der Waals surface area contributed by atoms with Gasteiger partial charge in [-0.1, -0.05) is 28.4 Å². The summed E-state index contributed by atoms with van der Waals surface area (Å²) in [6.45, 7) is 3.02. The van der Waals surface area contributed by atoms with Crippen molar-refractivity contribution in [1.82, 2.24) is 4.90 Å². The fraction of sp³-hybridized carbons (Fsp3) is 0.500. The summed E-state index contributed by atoms with van der Waals surface area (Å²) in [5.41, 5.74) is 0.886. The lowest BCUT2D eigenvalue weighted by molar-refractivity contribution is -0.146. The van der Waals surface area contributed by atoms with Gasteiger partial charge in [0.15, 0.2) is 0 Å². The van der Waals surface area contributed by atoms with Crippen LogP contribution in [0.4, 0.5) is 5.69 Å². The van der Waals surface area contributed by atoms with E-state index in [-0.39, 0.29) is 23.8 Å². The lowest BCUT2D eigenvalue weighted by Gasteiger charge is -2.41. The average molecular weight is 351 g/mol. The highest BCUT2D eigenvalue weighted by atomic mass is 79.9. The van der Waals surface area contributed by atoms with Crippen LogP contribution in [-0.4, -0.2) is 35.8 Å². The molecule has 1 aliphatic heterocycles. The molecule has 1 saturated carbocycles. The maximum absolute atomic E-state index is 12.6. The molecule has 1 saturated heterocycles. The zero-order valence-corrected chi connectivity index (χ0v) is 13.7. The van der Waals surface area contributed by atoms with E-state index in [9.17, 15) is 9.59 Å². The van der Waals surface area contributed by atoms with Gasteiger partial charge in [-0.15, -0.1) is 0 Å². The molecule has 0 bridgehead atoms. The van der Waals surface area contributed by atoms with Crippen LogP contribution in [0.5, 0.6) is 0 Å². The standard InChI is InChI=1S/C16H19BrN2O2/c1-11-15(20)19(14-7-3-6-13(17)10-14)9-8-18(11)16(21)12-4-2-5-12/h3,6-7,10-12H,2,4-5,8-9H2,1H3. The summed E-state index contributed by atoms with van der Waals surface area (Å²) >= 11 is 3.43. The highest BCUT2D eigenvalue weighted by molar-refractivity contribution is 9.10. The minimum absolute atomic E-state index is 0.00650. The number of nitrogens with zero attached hydrogens (tertiary/aromatic N) is 2. The van der Waals surface area contributed by atoms with Gasteiger partial charge in [-0.25, -0.2) is 0 Å². The maximum Gasteiger partial charge on any atom is 0.249 e. The number of piperazine rings is 1. The third-order valence-electron chi connectivity index (χ3n) is 4.51. The zero-order valence-electron chi connectivity index (χ0n) is 12.1. The fourth-order valence-corrected chi connectivity index (χ4v) is 3.35. The van der Waals surface area contributed by atoms with Gasteiger partial charge in [0.1, 0.15) is 6.04 Å². The monoisotopic (exact) mass is 350 g/mol. The topological polar surface area (TPSA) is 40.6 Å². The van der Waals surface area contributed by atoms with E-state index in [0.717, 1.165) is 29.4 Å². The molecule has 1 heterocycles. The van der Waals surface area contributed by atoms with E-state index in [1.54, 1.807) is 9.80 Å². The number of hydrogen-bond donors (Lipinski definition) is 0. The second-order valence-corrected chi connectivity index (χ2v) is 6.72. The van der Waals surface area contributed by atoms with Gasteiger partial charge in [-0.05, 0) is 38.0 Å². The van der Waals surface area contributed by atoms with Crippen LogP contribution in [0.2, 0.25) is 0 Å². The van der Waals surface area contributed by atoms with Crippen molar-refractivity contribution in [2.75, 3.05) is 18.0 Å². The summed E-state index contributed by atoms with van der Waals surface area (Å²) in [7, 11) is 0. The number of rotatable bonds is 2. The highest BCUT2D eigenvalue weighted by Gasteiger charge is 2.38. The van der Waals surface area contributed by atoms with E-state index >= 15 is 0 Å². The Balaban J connectivity index is 1.75. The van der Waals surface area contributed by atoms with Crippen LogP contribution >= 0.6 is 15.9 Å². The molecule has 1 atom stereocenters. The van der Waals surface area contributed by atoms with Gasteiger partial charge in [0.25, 0.3) is 0 Å². The molecule has 0 radical (unpaired) electrons. The average Bonchev–Trinajstić information content (AvgIpc) is 2.39. The van der Waals surface area contributed by atoms with Crippen molar-refractivity contribution in [2.45, 2.75) is 32.2 Å². The minimum atomic E-state index is -0.370. The molecule has 2 amide bonds. The van der Waals surface area contributed by atoms with Gasteiger partial charge in [0, 0.05) is 29.2 Å². The number of amides is 2. The summed E-state index contributed by atoms with van der Waals surface area (Å²) in [5.74, 6) is 0.320. The molecule has 0 N–H and O–H groups in total. The zero-order chi connectivity index (χ0) is 15.0. The predicted molar refractivity (Wildman–Crippen MR) is 85.0 cm³/mol. The molecule has 4 nitrogen and oxygen atoms in total. The number of hydrogen-bond acceptors (Lipinski definition) is 2. The quantitative estimate of drug-likeness (QED) is 0.822. The molecule has 2 aliphatic rings. The lowest BCUT2D eigenvalue weighted by atomic mass is 9.84. The minimum Gasteiger partial charge on any atom is -0.329 e. The van der Waals surface area contributed by atoms with Crippen molar-refractivity contribution in [3.05, 3.63) is 28.7 Å². The van der Waals surface area contributed by atoms with Crippen molar-refractivity contribution in [2.24, 2.45) is 5.92 Å². The highest BCUT2D eigenvalue weighted by Crippen LogP contribution is 2.30. The Morgan fingerprint density at radius 3 is 2.67 bits per heavy atom. The van der Waals surface area contributed by atoms with Gasteiger partial charge >= 0.3 is 0 Å². The Hall–Kier alpha value is -1.36. The molecule has 21 heavy (non-hydrogen) atoms. The molecule has 0 aromatic heterocycles. The van der Waals surface area contributed by atoms with E-state index < -0.39 is 0 Å². The van der Waals surface area contributed by atoms with E-state index in [1.165, 1.54) is 0 Å². The molecule has 3 rings (SSSR count). The molecule has 0 spiro atoms. The summed E-state index contributed by atoms with van der Waals surface area (Å²) in [6, 6.07) is 7.36. The Morgan fingerprint density at radius 1 is 1.29 bits per heavy atom. The van der Waals surface area contributed by atoms with Gasteiger partial charge in [0.05, 0.1) is 0 Å². The first-order valence-electron chi connectivity index (χ1n) is 7.45. The summed E-state index contributed by atoms with van der Waals surface area (Å²) < 4.78 is 0.952. The van der Waals surface area contributed by atoms with E-state index in [1.807, 2.05) is 31.2 Å². The number of anilines is 1. The first-order chi connectivity index (χ1) is 10.1. The molecular formula is C16H19BrN2O2. The Labute approximate surface area is 133 Å². The summed E-state index contributed by atoms with van der Waals surface area (Å²) in [5, 5.41) is 0. The summed E-state index contributed by atoms with van der Waals surface area (Å²) in [4.78, 5) is 28.5. The molecule has 1 aromatic rings. The lowest BCUT2D eigenvalue weighted by Crippen LogP contribution is -2.59. The van der Waals surface area contributed by atoms with Gasteiger partial charge < -0.3 is 9.80 Å². The maximum atomic E-state index is 12.6. The van der Waals surface area contributed by atoms with Crippen LogP contribution in [0.25, 0.3) is 0 Å². The van der Waals surface area contributed by atoms with E-state index in [2.05, 4.69) is 15.9 Å². The molecule has 1 aliphatic carbocycles. The van der Waals surface area contributed by atoms with Crippen molar-refractivity contribution < 1.29 is 9.59 Å². The summed E-state index contributed by atoms with van der Waals surface area (Å²) in [6.07, 6.45) is 3.09. The molecule has 112 valence electrons. The molecule has 1 aromatic carbocycles. The van der Waals surface area contributed by atoms with Gasteiger partial charge in [-0.3, -0.25) is 9.59 Å². The van der Waals surface area contributed by atoms with Crippen LogP contribution in [0.15, 0.2) is 28.7 Å². The number of carbonyl (C=O) groups excluding carboxylic acids is 2. The molecule has 1 unspecified atom stereocenters. The Morgan fingerprint density at radius 2 is 2.05 bits per heavy atom. The normalized spacial score (nSPS) is 23.1. The van der Waals surface area contributed by atoms with Crippen LogP contribution < -0.4 is 4.90 Å². The largest absolute Gasteiger partial charge is 0.329 e. The number of halogens is 1. The second-order valence-electron chi connectivity index (χ2n) is 5.81. The first-order valence-corrected chi connectivity index (χ1v) is 8.24. The predicted octanol–water partition coefficient (Wildman–Crippen LogP) is 2.81. The second kappa shape index (κ2) is 5.79. The SMILES string of the molecule is CC1C(=O)N(c2cccc(Br)c2)CCN1C(=O)C1CCC1. The van der Waals surface area contributed by atoms with Crippen molar-refractivity contribution in [3.63, 3.8) is 0 Å². The van der Waals surface area contributed by atoms with Crippen LogP contribution in [0.1, 0.15) is 26.2 Å². The number of carbonyl (C=O) groups is 2. The molecular weight excluding hydrogens is 332 g/mol. The van der Waals surface area contributed by atoms with Gasteiger partial charge in [0.2, 0.25) is 11.8 Å². The van der Waals surface area contributed by atoms with E-state index in [4.69, 9.17) is 0 Å². The van der Waals surface area contributed by atoms with Crippen LogP contribution in [0.3, 0.4) is 0 Å². The third-order valence-corrected chi connectivity index (χ3v) is 5.01. The van der Waals surface area contributed by atoms with Crippen molar-refractivity contribution in [1.29, 1.82) is 0 Å². The van der Waals surface area contributed by atoms with Crippen LogP contribution in [-0.2, 0) is 9.59 Å². The van der Waals surface area contributed by atoms with Gasteiger partial charge in [-0.2, -0.15) is 0 Å².